The van der Waals surface area contributed by atoms with E-state index in [2.05, 4.69) is 32.9 Å². The Morgan fingerprint density at radius 3 is 1.86 bits per heavy atom. The highest BCUT2D eigenvalue weighted by Gasteiger charge is 2.28. The van der Waals surface area contributed by atoms with Gasteiger partial charge in [-0.15, -0.1) is 0 Å². The van der Waals surface area contributed by atoms with Crippen LogP contribution in [-0.2, 0) is 0 Å². The fourth-order valence-corrected chi connectivity index (χ4v) is 1.51. The van der Waals surface area contributed by atoms with Crippen molar-refractivity contribution in [2.45, 2.75) is 26.8 Å². The number of nitrogens with zero attached hydrogens (tertiary/aromatic N) is 3. The van der Waals surface area contributed by atoms with Gasteiger partial charge in [-0.1, -0.05) is 20.8 Å². The molecule has 0 aromatic carbocycles. The van der Waals surface area contributed by atoms with E-state index in [9.17, 15) is 0 Å². The second kappa shape index (κ2) is 5.59. The molecular weight excluding hydrogens is 176 g/mol. The van der Waals surface area contributed by atoms with Crippen molar-refractivity contribution in [1.29, 1.82) is 10.5 Å². The van der Waals surface area contributed by atoms with Gasteiger partial charge in [0.05, 0.1) is 25.2 Å². The number of hydrogen-bond acceptors (Lipinski definition) is 4. The largest absolute Gasteiger partial charge is 0.329 e. The molecule has 0 fully saturated rings. The van der Waals surface area contributed by atoms with Crippen molar-refractivity contribution in [2.75, 3.05) is 19.6 Å². The Balaban J connectivity index is 4.61. The van der Waals surface area contributed by atoms with Crippen LogP contribution in [0.15, 0.2) is 0 Å². The monoisotopic (exact) mass is 194 g/mol. The summed E-state index contributed by atoms with van der Waals surface area (Å²) in [6.45, 7) is 7.16. The van der Waals surface area contributed by atoms with Crippen LogP contribution in [0.2, 0.25) is 0 Å². The van der Waals surface area contributed by atoms with Crippen molar-refractivity contribution >= 4 is 0 Å². The Labute approximate surface area is 85.9 Å². The van der Waals surface area contributed by atoms with Crippen molar-refractivity contribution in [3.63, 3.8) is 0 Å². The molecule has 0 aromatic heterocycles. The molecule has 0 aliphatic carbocycles. The van der Waals surface area contributed by atoms with E-state index in [0.29, 0.717) is 6.54 Å². The molecule has 4 nitrogen and oxygen atoms in total. The van der Waals surface area contributed by atoms with Crippen molar-refractivity contribution in [3.8, 4) is 12.1 Å². The second-order valence-electron chi connectivity index (χ2n) is 4.34. The molecule has 0 spiro atoms. The van der Waals surface area contributed by atoms with Gasteiger partial charge in [0, 0.05) is 12.6 Å². The summed E-state index contributed by atoms with van der Waals surface area (Å²) in [7, 11) is 0. The molecule has 2 N–H and O–H groups in total. The summed E-state index contributed by atoms with van der Waals surface area (Å²) in [5.74, 6) is 0. The van der Waals surface area contributed by atoms with Crippen LogP contribution in [0.1, 0.15) is 20.8 Å². The lowest BCUT2D eigenvalue weighted by Crippen LogP contribution is -2.49. The zero-order valence-electron chi connectivity index (χ0n) is 9.12. The number of rotatable bonds is 4. The smallest absolute Gasteiger partial charge is 0.0877 e. The van der Waals surface area contributed by atoms with E-state index in [4.69, 9.17) is 16.3 Å². The van der Waals surface area contributed by atoms with Gasteiger partial charge in [0.25, 0.3) is 0 Å². The third-order valence-corrected chi connectivity index (χ3v) is 2.21. The molecular formula is C10H18N4. The zero-order valence-corrected chi connectivity index (χ0v) is 9.12. The van der Waals surface area contributed by atoms with Crippen LogP contribution >= 0.6 is 0 Å². The third kappa shape index (κ3) is 3.74. The van der Waals surface area contributed by atoms with Gasteiger partial charge in [-0.05, 0) is 5.41 Å². The van der Waals surface area contributed by atoms with E-state index in [1.54, 1.807) is 0 Å². The molecule has 0 rings (SSSR count). The van der Waals surface area contributed by atoms with Crippen LogP contribution < -0.4 is 5.73 Å². The molecule has 78 valence electrons. The first-order chi connectivity index (χ1) is 6.47. The normalized spacial score (nSPS) is 13.4. The minimum absolute atomic E-state index is 0.0115. The van der Waals surface area contributed by atoms with Gasteiger partial charge >= 0.3 is 0 Å². The van der Waals surface area contributed by atoms with Crippen LogP contribution in [0.4, 0.5) is 0 Å². The van der Waals surface area contributed by atoms with Crippen molar-refractivity contribution in [1.82, 2.24) is 4.90 Å². The van der Waals surface area contributed by atoms with Gasteiger partial charge in [0.1, 0.15) is 0 Å². The first kappa shape index (κ1) is 12.9. The van der Waals surface area contributed by atoms with Gasteiger partial charge in [-0.3, -0.25) is 4.90 Å². The summed E-state index contributed by atoms with van der Waals surface area (Å²) < 4.78 is 0. The SMILES string of the molecule is CC(C)(C)C(CN)N(CC#N)CC#N. The fraction of sp³-hybridized carbons (Fsp3) is 0.800. The molecule has 0 aliphatic heterocycles. The summed E-state index contributed by atoms with van der Waals surface area (Å²) in [4.78, 5) is 1.82. The predicted molar refractivity (Wildman–Crippen MR) is 55.1 cm³/mol. The van der Waals surface area contributed by atoms with Crippen LogP contribution in [0.5, 0.6) is 0 Å². The minimum atomic E-state index is -0.0115. The molecule has 0 heterocycles. The maximum Gasteiger partial charge on any atom is 0.0877 e. The van der Waals surface area contributed by atoms with Crippen molar-refractivity contribution in [3.05, 3.63) is 0 Å². The average molecular weight is 194 g/mol. The highest BCUT2D eigenvalue weighted by atomic mass is 15.2. The van der Waals surface area contributed by atoms with Crippen molar-refractivity contribution < 1.29 is 0 Å². The molecule has 1 unspecified atom stereocenters. The van der Waals surface area contributed by atoms with Gasteiger partial charge in [-0.2, -0.15) is 10.5 Å². The van der Waals surface area contributed by atoms with Gasteiger partial charge in [0.2, 0.25) is 0 Å². The summed E-state index contributed by atoms with van der Waals surface area (Å²) in [5.41, 5.74) is 5.65. The van der Waals surface area contributed by atoms with Crippen LogP contribution in [0.3, 0.4) is 0 Å². The topological polar surface area (TPSA) is 76.8 Å². The molecule has 0 bridgehead atoms. The zero-order chi connectivity index (χ0) is 11.2. The Morgan fingerprint density at radius 1 is 1.21 bits per heavy atom. The maximum atomic E-state index is 8.63. The molecule has 4 heteroatoms. The van der Waals surface area contributed by atoms with Crippen LogP contribution in [0.25, 0.3) is 0 Å². The Hall–Kier alpha value is -1.10. The Morgan fingerprint density at radius 2 is 1.64 bits per heavy atom. The molecule has 0 radical (unpaired) electrons. The second-order valence-corrected chi connectivity index (χ2v) is 4.34. The molecule has 0 saturated heterocycles. The minimum Gasteiger partial charge on any atom is -0.329 e. The first-order valence-corrected chi connectivity index (χ1v) is 4.65. The van der Waals surface area contributed by atoms with E-state index >= 15 is 0 Å². The van der Waals surface area contributed by atoms with E-state index in [-0.39, 0.29) is 24.5 Å². The lowest BCUT2D eigenvalue weighted by atomic mass is 9.85. The summed E-state index contributed by atoms with van der Waals surface area (Å²) >= 11 is 0. The summed E-state index contributed by atoms with van der Waals surface area (Å²) in [5, 5.41) is 17.3. The highest BCUT2D eigenvalue weighted by molar-refractivity contribution is 4.92. The predicted octanol–water partition coefficient (Wildman–Crippen LogP) is 0.709. The quantitative estimate of drug-likeness (QED) is 0.669. The molecule has 0 amide bonds. The van der Waals surface area contributed by atoms with Crippen LogP contribution in [0, 0.1) is 28.1 Å². The third-order valence-electron chi connectivity index (χ3n) is 2.21. The van der Waals surface area contributed by atoms with Crippen molar-refractivity contribution in [2.24, 2.45) is 11.1 Å². The standard InChI is InChI=1S/C10H18N4/c1-10(2,3)9(8-13)14(6-4-11)7-5-12/h9H,6-8,13H2,1-3H3. The van der Waals surface area contributed by atoms with Gasteiger partial charge in [-0.25, -0.2) is 0 Å². The molecule has 0 saturated carbocycles. The summed E-state index contributed by atoms with van der Waals surface area (Å²) in [6, 6.07) is 4.19. The molecule has 1 atom stereocenters. The number of nitriles is 2. The summed E-state index contributed by atoms with van der Waals surface area (Å²) in [6.07, 6.45) is 0. The Bertz CT molecular complexity index is 224. The lowest BCUT2D eigenvalue weighted by molar-refractivity contribution is 0.132. The van der Waals surface area contributed by atoms with Gasteiger partial charge < -0.3 is 5.73 Å². The Kier molecular flexibility index (Phi) is 5.15. The first-order valence-electron chi connectivity index (χ1n) is 4.65. The van der Waals surface area contributed by atoms with E-state index in [1.807, 2.05) is 4.90 Å². The number of hydrogen-bond donors (Lipinski definition) is 1. The lowest BCUT2D eigenvalue weighted by Gasteiger charge is -2.36. The van der Waals surface area contributed by atoms with E-state index in [0.717, 1.165) is 0 Å². The molecule has 0 aliphatic rings. The molecule has 14 heavy (non-hydrogen) atoms. The highest BCUT2D eigenvalue weighted by Crippen LogP contribution is 2.23. The van der Waals surface area contributed by atoms with Crippen LogP contribution in [-0.4, -0.2) is 30.6 Å². The molecule has 0 aromatic rings. The van der Waals surface area contributed by atoms with E-state index in [1.165, 1.54) is 0 Å². The fourth-order valence-electron chi connectivity index (χ4n) is 1.51. The average Bonchev–Trinajstić information content (AvgIpc) is 2.03. The van der Waals surface area contributed by atoms with E-state index < -0.39 is 0 Å². The van der Waals surface area contributed by atoms with Gasteiger partial charge in [0.15, 0.2) is 0 Å². The number of nitrogens with two attached hydrogens (primary N) is 1. The maximum absolute atomic E-state index is 8.63.